The number of hydrogen-bond donors (Lipinski definition) is 0. The Morgan fingerprint density at radius 1 is 0.848 bits per heavy atom. The molecule has 0 atom stereocenters. The minimum atomic E-state index is -3.34. The number of halogens is 4. The second-order valence-electron chi connectivity index (χ2n) is 13.9. The van der Waals surface area contributed by atoms with Crippen molar-refractivity contribution in [3.05, 3.63) is 76.9 Å². The smallest absolute Gasteiger partial charge is 0.400 e. The van der Waals surface area contributed by atoms with Crippen molar-refractivity contribution in [3.63, 3.8) is 0 Å². The Morgan fingerprint density at radius 3 is 2.17 bits per heavy atom. The Balaban J connectivity index is 1.06. The molecule has 0 N–H and O–H groups in total. The second-order valence-corrected chi connectivity index (χ2v) is 13.9. The number of hydrogen-bond acceptors (Lipinski definition) is 3. The molecule has 46 heavy (non-hydrogen) atoms. The summed E-state index contributed by atoms with van der Waals surface area (Å²) in [6.45, 7) is 5.41. The molecule has 3 fully saturated rings. The van der Waals surface area contributed by atoms with Crippen molar-refractivity contribution in [1.82, 2.24) is 0 Å². The van der Waals surface area contributed by atoms with Gasteiger partial charge >= 0.3 is 6.11 Å². The van der Waals surface area contributed by atoms with Crippen LogP contribution in [-0.4, -0.2) is 19.3 Å². The summed E-state index contributed by atoms with van der Waals surface area (Å²) >= 11 is 0. The van der Waals surface area contributed by atoms with E-state index in [1.165, 1.54) is 25.3 Å². The van der Waals surface area contributed by atoms with E-state index in [2.05, 4.69) is 6.92 Å². The molecule has 1 saturated heterocycles. The Hall–Kier alpha value is -2.38. The molecule has 0 amide bonds. The highest BCUT2D eigenvalue weighted by Crippen LogP contribution is 2.47. The zero-order valence-corrected chi connectivity index (χ0v) is 27.6. The molecule has 0 unspecified atom stereocenters. The van der Waals surface area contributed by atoms with Gasteiger partial charge in [0.1, 0.15) is 17.4 Å². The minimum Gasteiger partial charge on any atom is -0.432 e. The molecule has 3 aliphatic rings. The fraction of sp³-hybridized carbons (Fsp3) is 0.641. The third-order valence-electron chi connectivity index (χ3n) is 10.7. The maximum absolute atomic E-state index is 15.3. The van der Waals surface area contributed by atoms with Crippen LogP contribution in [0.1, 0.15) is 126 Å². The molecular weight excluding hydrogens is 592 g/mol. The quantitative estimate of drug-likeness (QED) is 0.123. The lowest BCUT2D eigenvalue weighted by molar-refractivity contribution is -0.224. The van der Waals surface area contributed by atoms with Crippen LogP contribution in [0.5, 0.6) is 5.75 Å². The number of ether oxygens (including phenoxy) is 3. The molecule has 2 aromatic carbocycles. The van der Waals surface area contributed by atoms with E-state index in [9.17, 15) is 4.39 Å². The van der Waals surface area contributed by atoms with Gasteiger partial charge in [0.15, 0.2) is 6.29 Å². The van der Waals surface area contributed by atoms with Gasteiger partial charge in [-0.2, -0.15) is 8.78 Å². The molecule has 254 valence electrons. The van der Waals surface area contributed by atoms with Gasteiger partial charge in [-0.25, -0.2) is 8.78 Å². The van der Waals surface area contributed by atoms with E-state index in [4.69, 9.17) is 14.2 Å². The van der Waals surface area contributed by atoms with Crippen LogP contribution in [0.3, 0.4) is 0 Å². The van der Waals surface area contributed by atoms with Gasteiger partial charge < -0.3 is 14.2 Å². The molecule has 0 bridgehead atoms. The van der Waals surface area contributed by atoms with Crippen molar-refractivity contribution in [2.75, 3.05) is 13.2 Å². The number of benzene rings is 2. The van der Waals surface area contributed by atoms with Crippen LogP contribution < -0.4 is 4.74 Å². The van der Waals surface area contributed by atoms with Crippen molar-refractivity contribution < 1.29 is 31.8 Å². The molecule has 0 radical (unpaired) electrons. The van der Waals surface area contributed by atoms with E-state index in [0.717, 1.165) is 62.1 Å². The Morgan fingerprint density at radius 2 is 1.54 bits per heavy atom. The lowest BCUT2D eigenvalue weighted by Crippen LogP contribution is -2.38. The van der Waals surface area contributed by atoms with Gasteiger partial charge in [0.05, 0.1) is 19.1 Å². The SMILES string of the molecule is C/C=C/CCc1ccc(OC(F)(F)C2CCC(C3CCC(c4ccc(C5OCC(CCCCC)CO5)cc4F)CC3)CC2)cc1F. The first-order valence-corrected chi connectivity index (χ1v) is 17.8. The van der Waals surface area contributed by atoms with Crippen molar-refractivity contribution in [3.8, 4) is 5.75 Å². The van der Waals surface area contributed by atoms with Crippen molar-refractivity contribution >= 4 is 0 Å². The molecule has 2 aliphatic carbocycles. The van der Waals surface area contributed by atoms with Crippen molar-refractivity contribution in [2.24, 2.45) is 23.7 Å². The van der Waals surface area contributed by atoms with E-state index in [1.807, 2.05) is 31.2 Å². The van der Waals surface area contributed by atoms with Crippen molar-refractivity contribution in [1.29, 1.82) is 0 Å². The Kier molecular flexibility index (Phi) is 12.6. The summed E-state index contributed by atoms with van der Waals surface area (Å²) in [5, 5.41) is 0. The summed E-state index contributed by atoms with van der Waals surface area (Å²) in [6, 6.07) is 9.52. The molecule has 1 aliphatic heterocycles. The number of aryl methyl sites for hydroxylation is 1. The molecule has 2 saturated carbocycles. The average Bonchev–Trinajstić information content (AvgIpc) is 3.06. The summed E-state index contributed by atoms with van der Waals surface area (Å²) in [5.41, 5.74) is 2.00. The zero-order valence-electron chi connectivity index (χ0n) is 27.6. The first-order chi connectivity index (χ1) is 22.3. The third-order valence-corrected chi connectivity index (χ3v) is 10.7. The maximum atomic E-state index is 15.3. The standard InChI is InChI=1S/C39H52F4O3/c1-3-5-7-9-27-25-44-38(45-26-27)32-18-22-35(37(41)23-32)30-13-11-28(12-14-30)29-15-19-33(20-16-29)39(42,43)46-34-21-17-31(36(40)24-34)10-8-6-4-2/h4,6,17-18,21-24,27-30,33,38H,3,5,7-16,19-20,25-26H2,1-2H3/b6-4+. The van der Waals surface area contributed by atoms with Crippen LogP contribution >= 0.6 is 0 Å². The maximum Gasteiger partial charge on any atom is 0.400 e. The minimum absolute atomic E-state index is 0.122. The lowest BCUT2D eigenvalue weighted by atomic mass is 9.68. The van der Waals surface area contributed by atoms with Gasteiger partial charge in [-0.1, -0.05) is 56.5 Å². The second kappa shape index (κ2) is 16.6. The fourth-order valence-corrected chi connectivity index (χ4v) is 7.87. The summed E-state index contributed by atoms with van der Waals surface area (Å²) in [5.74, 6) is -0.236. The molecule has 2 aromatic rings. The summed E-state index contributed by atoms with van der Waals surface area (Å²) in [6.07, 6.45) is 12.0. The van der Waals surface area contributed by atoms with E-state index in [-0.39, 0.29) is 17.5 Å². The lowest BCUT2D eigenvalue weighted by Gasteiger charge is -2.39. The first kappa shape index (κ1) is 34.9. The van der Waals surface area contributed by atoms with Gasteiger partial charge in [-0.3, -0.25) is 0 Å². The predicted octanol–water partition coefficient (Wildman–Crippen LogP) is 11.5. The normalized spacial score (nSPS) is 27.6. The number of allylic oxidation sites excluding steroid dienone is 2. The van der Waals surface area contributed by atoms with Crippen LogP contribution in [0.4, 0.5) is 17.6 Å². The molecule has 7 heteroatoms. The van der Waals surface area contributed by atoms with Gasteiger partial charge in [0.2, 0.25) is 0 Å². The number of alkyl halides is 2. The fourth-order valence-electron chi connectivity index (χ4n) is 7.87. The highest BCUT2D eigenvalue weighted by atomic mass is 19.3. The topological polar surface area (TPSA) is 27.7 Å². The number of unbranched alkanes of at least 4 members (excludes halogenated alkanes) is 2. The van der Waals surface area contributed by atoms with Gasteiger partial charge in [0.25, 0.3) is 0 Å². The first-order valence-electron chi connectivity index (χ1n) is 17.8. The third kappa shape index (κ3) is 9.15. The van der Waals surface area contributed by atoms with Crippen molar-refractivity contribution in [2.45, 2.75) is 122 Å². The Labute approximate surface area is 273 Å². The highest BCUT2D eigenvalue weighted by Gasteiger charge is 2.45. The molecular formula is C39H52F4O3. The van der Waals surface area contributed by atoms with Crippen LogP contribution in [0.15, 0.2) is 48.6 Å². The largest absolute Gasteiger partial charge is 0.432 e. The van der Waals surface area contributed by atoms with Gasteiger partial charge in [-0.05, 0) is 119 Å². The predicted molar refractivity (Wildman–Crippen MR) is 174 cm³/mol. The van der Waals surface area contributed by atoms with Gasteiger partial charge in [0, 0.05) is 17.5 Å². The summed E-state index contributed by atoms with van der Waals surface area (Å²) < 4.78 is 77.1. The molecule has 0 spiro atoms. The summed E-state index contributed by atoms with van der Waals surface area (Å²) in [4.78, 5) is 0. The van der Waals surface area contributed by atoms with Crippen LogP contribution in [0.25, 0.3) is 0 Å². The van der Waals surface area contributed by atoms with E-state index in [0.29, 0.717) is 62.2 Å². The van der Waals surface area contributed by atoms with Gasteiger partial charge in [-0.15, -0.1) is 0 Å². The zero-order chi connectivity index (χ0) is 32.5. The van der Waals surface area contributed by atoms with Crippen LogP contribution in [-0.2, 0) is 15.9 Å². The van der Waals surface area contributed by atoms with Crippen LogP contribution in [0, 0.1) is 35.3 Å². The molecule has 0 aromatic heterocycles. The van der Waals surface area contributed by atoms with E-state index in [1.54, 1.807) is 12.1 Å². The van der Waals surface area contributed by atoms with E-state index >= 15 is 13.2 Å². The van der Waals surface area contributed by atoms with E-state index < -0.39 is 24.1 Å². The number of rotatable bonds is 13. The molecule has 5 rings (SSSR count). The Bertz CT molecular complexity index is 1260. The molecule has 3 nitrogen and oxygen atoms in total. The molecule has 1 heterocycles. The summed E-state index contributed by atoms with van der Waals surface area (Å²) in [7, 11) is 0. The van der Waals surface area contributed by atoms with Crippen LogP contribution in [0.2, 0.25) is 0 Å². The monoisotopic (exact) mass is 644 g/mol. The highest BCUT2D eigenvalue weighted by molar-refractivity contribution is 5.30. The average molecular weight is 645 g/mol.